The number of nitrogens with two attached hydrogens (primary N) is 1. The third kappa shape index (κ3) is 3.97. The number of hydrogen-bond donors (Lipinski definition) is 1. The number of allylic oxidation sites excluding steroid dienone is 3. The van der Waals surface area contributed by atoms with Gasteiger partial charge in [-0.05, 0) is 31.8 Å². The Balaban J connectivity index is 2.81. The Morgan fingerprint density at radius 1 is 1.25 bits per heavy atom. The zero-order chi connectivity index (χ0) is 15.1. The van der Waals surface area contributed by atoms with Gasteiger partial charge in [-0.25, -0.2) is 0 Å². The van der Waals surface area contributed by atoms with Crippen LogP contribution >= 0.6 is 0 Å². The molecule has 0 fully saturated rings. The topological polar surface area (TPSA) is 26.0 Å². The molecule has 0 aromatic carbocycles. The maximum atomic E-state index is 6.83. The highest BCUT2D eigenvalue weighted by molar-refractivity contribution is 5.21. The van der Waals surface area contributed by atoms with E-state index in [-0.39, 0.29) is 11.0 Å². The Hall–Kier alpha value is -0.560. The first-order valence-corrected chi connectivity index (χ1v) is 8.53. The van der Waals surface area contributed by atoms with Crippen LogP contribution in [0.15, 0.2) is 18.2 Å². The predicted molar refractivity (Wildman–Crippen MR) is 89.4 cm³/mol. The van der Waals surface area contributed by atoms with Crippen molar-refractivity contribution in [1.82, 2.24) is 0 Å². The minimum Gasteiger partial charge on any atom is -0.325 e. The van der Waals surface area contributed by atoms with Crippen molar-refractivity contribution in [3.05, 3.63) is 24.3 Å². The van der Waals surface area contributed by atoms with Gasteiger partial charge in [0.2, 0.25) is 0 Å². The van der Waals surface area contributed by atoms with Crippen molar-refractivity contribution in [2.24, 2.45) is 17.1 Å². The molecule has 0 saturated heterocycles. The van der Waals surface area contributed by atoms with E-state index in [2.05, 4.69) is 45.9 Å². The van der Waals surface area contributed by atoms with Gasteiger partial charge in [0.1, 0.15) is 0 Å². The largest absolute Gasteiger partial charge is 0.325 e. The lowest BCUT2D eigenvalue weighted by atomic mass is 9.58. The molecule has 3 atom stereocenters. The second-order valence-corrected chi connectivity index (χ2v) is 6.86. The fourth-order valence-corrected chi connectivity index (χ4v) is 3.71. The summed E-state index contributed by atoms with van der Waals surface area (Å²) in [5.74, 6) is 0.617. The van der Waals surface area contributed by atoms with Crippen molar-refractivity contribution in [2.45, 2.75) is 84.6 Å². The normalized spacial score (nSPS) is 26.4. The summed E-state index contributed by atoms with van der Waals surface area (Å²) in [6.07, 6.45) is 19.8. The molecule has 0 amide bonds. The molecule has 1 nitrogen and oxygen atoms in total. The van der Waals surface area contributed by atoms with Gasteiger partial charge in [-0.3, -0.25) is 0 Å². The minimum atomic E-state index is -0.132. The monoisotopic (exact) mass is 276 g/mol. The van der Waals surface area contributed by atoms with Gasteiger partial charge in [-0.1, -0.05) is 77.5 Å². The molecule has 0 spiro atoms. The van der Waals surface area contributed by atoms with Gasteiger partial charge >= 0.3 is 0 Å². The van der Waals surface area contributed by atoms with Crippen molar-refractivity contribution in [2.75, 3.05) is 0 Å². The molecule has 0 bridgehead atoms. The van der Waals surface area contributed by atoms with Gasteiger partial charge in [0, 0.05) is 11.0 Å². The average molecular weight is 276 g/mol. The summed E-state index contributed by atoms with van der Waals surface area (Å²) in [5, 5.41) is 0. The Morgan fingerprint density at radius 3 is 2.55 bits per heavy atom. The lowest BCUT2D eigenvalue weighted by Crippen LogP contribution is -2.55. The quantitative estimate of drug-likeness (QED) is 0.559. The van der Waals surface area contributed by atoms with Crippen molar-refractivity contribution in [1.29, 1.82) is 0 Å². The van der Waals surface area contributed by atoms with Gasteiger partial charge in [0.25, 0.3) is 0 Å². The van der Waals surface area contributed by atoms with E-state index in [1.54, 1.807) is 0 Å². The number of rotatable bonds is 9. The minimum absolute atomic E-state index is 0.0873. The van der Waals surface area contributed by atoms with E-state index < -0.39 is 0 Å². The maximum Gasteiger partial charge on any atom is 0.0223 e. The molecule has 0 aliphatic heterocycles. The molecule has 1 rings (SSSR count). The van der Waals surface area contributed by atoms with Crippen LogP contribution in [0.5, 0.6) is 0 Å². The third-order valence-electron chi connectivity index (χ3n) is 5.22. The van der Waals surface area contributed by atoms with Crippen molar-refractivity contribution < 1.29 is 0 Å². The van der Waals surface area contributed by atoms with Crippen LogP contribution in [0.3, 0.4) is 0 Å². The summed E-state index contributed by atoms with van der Waals surface area (Å²) in [6, 6.07) is 0. The molecule has 0 aromatic rings. The van der Waals surface area contributed by atoms with E-state index in [0.717, 1.165) is 12.8 Å². The average Bonchev–Trinajstić information content (AvgIpc) is 2.44. The number of unbranched alkanes of at least 4 members (excludes halogenated alkanes) is 3. The van der Waals surface area contributed by atoms with Crippen molar-refractivity contribution in [3.8, 4) is 0 Å². The Bertz CT molecular complexity index is 327. The van der Waals surface area contributed by atoms with E-state index in [1.807, 2.05) is 6.08 Å². The Kier molecular flexibility index (Phi) is 7.02. The molecule has 20 heavy (non-hydrogen) atoms. The second kappa shape index (κ2) is 8.02. The summed E-state index contributed by atoms with van der Waals surface area (Å²) in [5.41, 5.74) is 6.79. The number of hydrogen-bond acceptors (Lipinski definition) is 1. The second-order valence-electron chi connectivity index (χ2n) is 6.86. The van der Waals surface area contributed by atoms with Crippen LogP contribution in [0.1, 0.15) is 79.1 Å². The summed E-state index contributed by atoms with van der Waals surface area (Å²) in [4.78, 5) is 0. The molecule has 1 radical (unpaired) electrons. The van der Waals surface area contributed by atoms with Crippen LogP contribution in [-0.4, -0.2) is 5.54 Å². The highest BCUT2D eigenvalue weighted by Gasteiger charge is 2.46. The highest BCUT2D eigenvalue weighted by atomic mass is 14.8. The van der Waals surface area contributed by atoms with Crippen LogP contribution in [0.4, 0.5) is 0 Å². The van der Waals surface area contributed by atoms with E-state index in [9.17, 15) is 0 Å². The van der Waals surface area contributed by atoms with E-state index in [0.29, 0.717) is 5.92 Å². The zero-order valence-electron chi connectivity index (χ0n) is 14.0. The molecule has 3 unspecified atom stereocenters. The van der Waals surface area contributed by atoms with Gasteiger partial charge in [0.15, 0.2) is 0 Å². The first-order chi connectivity index (χ1) is 9.50. The lowest BCUT2D eigenvalue weighted by molar-refractivity contribution is 0.100. The molecule has 0 heterocycles. The zero-order valence-corrected chi connectivity index (χ0v) is 14.0. The molecular formula is C19H34N. The molecular weight excluding hydrogens is 242 g/mol. The summed E-state index contributed by atoms with van der Waals surface area (Å²) in [6.45, 7) is 9.17. The van der Waals surface area contributed by atoms with Gasteiger partial charge in [0.05, 0.1) is 0 Å². The van der Waals surface area contributed by atoms with Crippen LogP contribution in [0.25, 0.3) is 0 Å². The standard InChI is InChI=1S/C19H34N/c1-5-7-8-10-14-18(4,20)19(17(3)13-6-2)15-11-9-12-16-19/h9,11,15,17H,5-8,10,13-14,16,20H2,1-4H3. The molecule has 2 N–H and O–H groups in total. The van der Waals surface area contributed by atoms with Gasteiger partial charge in [-0.2, -0.15) is 0 Å². The van der Waals surface area contributed by atoms with Gasteiger partial charge in [-0.15, -0.1) is 0 Å². The molecule has 0 saturated carbocycles. The van der Waals surface area contributed by atoms with Crippen LogP contribution in [0.2, 0.25) is 0 Å². The Morgan fingerprint density at radius 2 is 2.00 bits per heavy atom. The van der Waals surface area contributed by atoms with Crippen LogP contribution < -0.4 is 5.73 Å². The Labute approximate surface area is 126 Å². The summed E-state index contributed by atoms with van der Waals surface area (Å²) >= 11 is 0. The van der Waals surface area contributed by atoms with Crippen LogP contribution in [-0.2, 0) is 0 Å². The maximum absolute atomic E-state index is 6.83. The molecule has 1 aliphatic rings. The van der Waals surface area contributed by atoms with E-state index in [1.165, 1.54) is 38.5 Å². The van der Waals surface area contributed by atoms with Gasteiger partial charge < -0.3 is 5.73 Å². The van der Waals surface area contributed by atoms with Crippen LogP contribution in [0, 0.1) is 17.4 Å². The first kappa shape index (κ1) is 17.5. The smallest absolute Gasteiger partial charge is 0.0223 e. The van der Waals surface area contributed by atoms with Crippen molar-refractivity contribution >= 4 is 0 Å². The first-order valence-electron chi connectivity index (χ1n) is 8.53. The third-order valence-corrected chi connectivity index (χ3v) is 5.22. The highest BCUT2D eigenvalue weighted by Crippen LogP contribution is 2.47. The fourth-order valence-electron chi connectivity index (χ4n) is 3.71. The van der Waals surface area contributed by atoms with E-state index in [4.69, 9.17) is 5.73 Å². The molecule has 0 aromatic heterocycles. The molecule has 1 heteroatoms. The van der Waals surface area contributed by atoms with Crippen molar-refractivity contribution in [3.63, 3.8) is 0 Å². The summed E-state index contributed by atoms with van der Waals surface area (Å²) < 4.78 is 0. The van der Waals surface area contributed by atoms with E-state index >= 15 is 0 Å². The lowest BCUT2D eigenvalue weighted by Gasteiger charge is -2.49. The summed E-state index contributed by atoms with van der Waals surface area (Å²) in [7, 11) is 0. The SMILES string of the molecule is CCCCCCC(C)(N)C1(C(C)CCC)C=CC=[C]C1. The molecule has 115 valence electrons. The fraction of sp³-hybridized carbons (Fsp3) is 0.789. The molecule has 1 aliphatic carbocycles. The predicted octanol–water partition coefficient (Wildman–Crippen LogP) is 5.42.